The van der Waals surface area contributed by atoms with Gasteiger partial charge in [-0.25, -0.2) is 4.39 Å². The van der Waals surface area contributed by atoms with Gasteiger partial charge in [-0.1, -0.05) is 81.8 Å². The van der Waals surface area contributed by atoms with Gasteiger partial charge in [-0.2, -0.15) is 0 Å². The third-order valence-electron chi connectivity index (χ3n) is 4.45. The van der Waals surface area contributed by atoms with E-state index in [4.69, 9.17) is 28.6 Å². The van der Waals surface area contributed by atoms with Gasteiger partial charge in [0.2, 0.25) is 0 Å². The molecule has 0 radical (unpaired) electrons. The van der Waals surface area contributed by atoms with Crippen LogP contribution in [0.4, 0.5) is 10.1 Å². The molecule has 0 N–H and O–H groups in total. The standard InChI is InChI=1S/C23H14BrClFNO2S2/c24-16-6-9-20(29-13-14-4-2-1-3-5-14)15(10-16)11-21-22(28)27(23(30)31-21)17-7-8-19(26)18(25)12-17/h1-12H,13H2/b21-11-. The van der Waals surface area contributed by atoms with Crippen LogP contribution in [-0.4, -0.2) is 10.2 Å². The number of carbonyl (C=O) groups excluding carboxylic acids is 1. The van der Waals surface area contributed by atoms with Crippen molar-refractivity contribution in [3.8, 4) is 5.75 Å². The molecule has 3 aromatic rings. The number of carbonyl (C=O) groups is 1. The normalized spacial score (nSPS) is 15.1. The van der Waals surface area contributed by atoms with Gasteiger partial charge in [-0.3, -0.25) is 9.69 Å². The summed E-state index contributed by atoms with van der Waals surface area (Å²) in [5.41, 5.74) is 2.20. The molecule has 0 spiro atoms. The van der Waals surface area contributed by atoms with Crippen LogP contribution in [0.1, 0.15) is 11.1 Å². The first-order chi connectivity index (χ1) is 14.9. The highest BCUT2D eigenvalue weighted by Crippen LogP contribution is 2.38. The monoisotopic (exact) mass is 533 g/mol. The van der Waals surface area contributed by atoms with Crippen molar-refractivity contribution < 1.29 is 13.9 Å². The van der Waals surface area contributed by atoms with E-state index < -0.39 is 5.82 Å². The van der Waals surface area contributed by atoms with Crippen LogP contribution in [0, 0.1) is 5.82 Å². The Balaban J connectivity index is 1.62. The fourth-order valence-corrected chi connectivity index (χ4v) is 4.80. The number of benzene rings is 3. The van der Waals surface area contributed by atoms with Gasteiger partial charge < -0.3 is 4.74 Å². The minimum Gasteiger partial charge on any atom is -0.488 e. The van der Waals surface area contributed by atoms with Crippen LogP contribution in [0.2, 0.25) is 5.02 Å². The summed E-state index contributed by atoms with van der Waals surface area (Å²) in [6, 6.07) is 19.5. The topological polar surface area (TPSA) is 29.5 Å². The van der Waals surface area contributed by atoms with E-state index in [0.29, 0.717) is 27.3 Å². The highest BCUT2D eigenvalue weighted by atomic mass is 79.9. The lowest BCUT2D eigenvalue weighted by Crippen LogP contribution is -2.27. The minimum atomic E-state index is -0.555. The van der Waals surface area contributed by atoms with E-state index in [1.54, 1.807) is 6.08 Å². The van der Waals surface area contributed by atoms with Gasteiger partial charge in [0, 0.05) is 10.0 Å². The largest absolute Gasteiger partial charge is 0.488 e. The lowest BCUT2D eigenvalue weighted by molar-refractivity contribution is -0.113. The Morgan fingerprint density at radius 2 is 1.90 bits per heavy atom. The van der Waals surface area contributed by atoms with Crippen molar-refractivity contribution in [1.82, 2.24) is 0 Å². The lowest BCUT2D eigenvalue weighted by Gasteiger charge is -2.15. The maximum Gasteiger partial charge on any atom is 0.270 e. The average molecular weight is 535 g/mol. The zero-order chi connectivity index (χ0) is 22.0. The molecule has 0 unspecified atom stereocenters. The highest BCUT2D eigenvalue weighted by Gasteiger charge is 2.33. The van der Waals surface area contributed by atoms with Crippen LogP contribution >= 0.6 is 51.5 Å². The second-order valence-electron chi connectivity index (χ2n) is 6.57. The van der Waals surface area contributed by atoms with Crippen LogP contribution in [0.3, 0.4) is 0 Å². The van der Waals surface area contributed by atoms with Crippen molar-refractivity contribution in [3.63, 3.8) is 0 Å². The van der Waals surface area contributed by atoms with Crippen molar-refractivity contribution in [2.45, 2.75) is 6.61 Å². The number of nitrogens with zero attached hydrogens (tertiary/aromatic N) is 1. The van der Waals surface area contributed by atoms with E-state index in [9.17, 15) is 9.18 Å². The number of ether oxygens (including phenoxy) is 1. The van der Waals surface area contributed by atoms with Crippen molar-refractivity contribution in [2.24, 2.45) is 0 Å². The summed E-state index contributed by atoms with van der Waals surface area (Å²) >= 11 is 15.9. The Kier molecular flexibility index (Phi) is 6.77. The first-order valence-corrected chi connectivity index (χ1v) is 11.5. The summed E-state index contributed by atoms with van der Waals surface area (Å²) in [5.74, 6) is -0.213. The third-order valence-corrected chi connectivity index (χ3v) is 6.54. The number of amides is 1. The summed E-state index contributed by atoms with van der Waals surface area (Å²) in [4.78, 5) is 14.8. The number of rotatable bonds is 5. The molecule has 31 heavy (non-hydrogen) atoms. The summed E-state index contributed by atoms with van der Waals surface area (Å²) in [7, 11) is 0. The predicted molar refractivity (Wildman–Crippen MR) is 132 cm³/mol. The average Bonchev–Trinajstić information content (AvgIpc) is 3.03. The van der Waals surface area contributed by atoms with Crippen molar-refractivity contribution >= 4 is 73.5 Å². The van der Waals surface area contributed by atoms with Crippen LogP contribution in [0.15, 0.2) is 76.1 Å². The zero-order valence-corrected chi connectivity index (χ0v) is 19.8. The minimum absolute atomic E-state index is 0.0703. The Bertz CT molecular complexity index is 1200. The molecule has 1 fully saturated rings. The SMILES string of the molecule is O=C1/C(=C/c2cc(Br)ccc2OCc2ccccc2)SC(=S)N1c1ccc(F)c(Cl)c1. The summed E-state index contributed by atoms with van der Waals surface area (Å²) < 4.78 is 20.7. The molecule has 0 saturated carbocycles. The fraction of sp³-hybridized carbons (Fsp3) is 0.0435. The van der Waals surface area contributed by atoms with E-state index in [1.807, 2.05) is 48.5 Å². The molecule has 0 atom stereocenters. The second-order valence-corrected chi connectivity index (χ2v) is 9.57. The number of hydrogen-bond acceptors (Lipinski definition) is 4. The van der Waals surface area contributed by atoms with E-state index in [-0.39, 0.29) is 10.9 Å². The van der Waals surface area contributed by atoms with Crippen molar-refractivity contribution in [1.29, 1.82) is 0 Å². The number of thiocarbonyl (C=S) groups is 1. The molecule has 1 aliphatic heterocycles. The lowest BCUT2D eigenvalue weighted by atomic mass is 10.1. The molecule has 0 aromatic heterocycles. The molecule has 4 rings (SSSR count). The molecule has 1 heterocycles. The van der Waals surface area contributed by atoms with Gasteiger partial charge in [0.25, 0.3) is 5.91 Å². The third kappa shape index (κ3) is 5.01. The Labute approximate surface area is 202 Å². The van der Waals surface area contributed by atoms with Crippen molar-refractivity contribution in [2.75, 3.05) is 4.90 Å². The summed E-state index contributed by atoms with van der Waals surface area (Å²) in [6.45, 7) is 0.401. The van der Waals surface area contributed by atoms with E-state index in [1.165, 1.54) is 34.9 Å². The van der Waals surface area contributed by atoms with Gasteiger partial charge in [-0.15, -0.1) is 0 Å². The second kappa shape index (κ2) is 9.53. The molecule has 8 heteroatoms. The molecule has 3 aromatic carbocycles. The first-order valence-electron chi connectivity index (χ1n) is 9.11. The molecule has 1 amide bonds. The molecule has 156 valence electrons. The Morgan fingerprint density at radius 3 is 2.65 bits per heavy atom. The van der Waals surface area contributed by atoms with Crippen molar-refractivity contribution in [3.05, 3.63) is 98.1 Å². The maximum absolute atomic E-state index is 13.5. The summed E-state index contributed by atoms with van der Waals surface area (Å²) in [5, 5.41) is -0.0703. The quantitative estimate of drug-likeness (QED) is 0.255. The molecule has 0 aliphatic carbocycles. The number of hydrogen-bond donors (Lipinski definition) is 0. The number of anilines is 1. The number of halogens is 3. The maximum atomic E-state index is 13.5. The van der Waals surface area contributed by atoms with Crippen LogP contribution in [-0.2, 0) is 11.4 Å². The van der Waals surface area contributed by atoms with E-state index in [2.05, 4.69) is 15.9 Å². The molecule has 0 bridgehead atoms. The highest BCUT2D eigenvalue weighted by molar-refractivity contribution is 9.10. The number of thioether (sulfide) groups is 1. The molecule has 3 nitrogen and oxygen atoms in total. The fourth-order valence-electron chi connectivity index (χ4n) is 2.95. The van der Waals surface area contributed by atoms with Crippen LogP contribution < -0.4 is 9.64 Å². The van der Waals surface area contributed by atoms with Crippen LogP contribution in [0.5, 0.6) is 5.75 Å². The Morgan fingerprint density at radius 1 is 1.13 bits per heavy atom. The zero-order valence-electron chi connectivity index (χ0n) is 15.8. The van der Waals surface area contributed by atoms with E-state index >= 15 is 0 Å². The predicted octanol–water partition coefficient (Wildman–Crippen LogP) is 7.23. The van der Waals surface area contributed by atoms with Gasteiger partial charge in [0.1, 0.15) is 18.2 Å². The summed E-state index contributed by atoms with van der Waals surface area (Å²) in [6.07, 6.45) is 1.75. The first kappa shape index (κ1) is 22.0. The van der Waals surface area contributed by atoms with Gasteiger partial charge >= 0.3 is 0 Å². The van der Waals surface area contributed by atoms with Crippen LogP contribution in [0.25, 0.3) is 6.08 Å². The van der Waals surface area contributed by atoms with Gasteiger partial charge in [0.05, 0.1) is 15.6 Å². The molecule has 1 saturated heterocycles. The molecular formula is C23H14BrClFNO2S2. The molecule has 1 aliphatic rings. The Hall–Kier alpha value is -2.19. The smallest absolute Gasteiger partial charge is 0.270 e. The van der Waals surface area contributed by atoms with E-state index in [0.717, 1.165) is 15.6 Å². The van der Waals surface area contributed by atoms with Gasteiger partial charge in [0.15, 0.2) is 4.32 Å². The van der Waals surface area contributed by atoms with Gasteiger partial charge in [-0.05, 0) is 48.0 Å². The molecular weight excluding hydrogens is 521 g/mol.